The van der Waals surface area contributed by atoms with Gasteiger partial charge in [-0.3, -0.25) is 4.99 Å². The quantitative estimate of drug-likeness (QED) is 0.590. The summed E-state index contributed by atoms with van der Waals surface area (Å²) in [5, 5.41) is 0. The van der Waals surface area contributed by atoms with Gasteiger partial charge in [-0.1, -0.05) is 12.8 Å². The number of likely N-dealkylation sites (tertiary alicyclic amines) is 1. The summed E-state index contributed by atoms with van der Waals surface area (Å²) in [5.41, 5.74) is 5.58. The van der Waals surface area contributed by atoms with E-state index in [4.69, 9.17) is 15.2 Å². The molecule has 0 atom stereocenters. The molecule has 0 aromatic carbocycles. The molecule has 0 aromatic rings. The molecule has 0 radical (unpaired) electrons. The van der Waals surface area contributed by atoms with Crippen molar-refractivity contribution in [3.05, 3.63) is 0 Å². The number of amides is 1. The molecule has 0 saturated carbocycles. The number of carbonyl (C=O) groups is 1. The van der Waals surface area contributed by atoms with Gasteiger partial charge in [0.1, 0.15) is 5.60 Å². The molecule has 1 rings (SSSR count). The molecule has 0 aromatic heterocycles. The maximum absolute atomic E-state index is 12.2. The third-order valence-electron chi connectivity index (χ3n) is 3.79. The van der Waals surface area contributed by atoms with Crippen molar-refractivity contribution in [1.29, 1.82) is 0 Å². The molecule has 140 valence electrons. The highest BCUT2D eigenvalue weighted by Crippen LogP contribution is 2.11. The number of rotatable bonds is 6. The lowest BCUT2D eigenvalue weighted by Gasteiger charge is -2.27. The van der Waals surface area contributed by atoms with Crippen molar-refractivity contribution in [3.8, 4) is 0 Å². The van der Waals surface area contributed by atoms with E-state index in [9.17, 15) is 4.79 Å². The van der Waals surface area contributed by atoms with Crippen molar-refractivity contribution in [1.82, 2.24) is 9.80 Å². The van der Waals surface area contributed by atoms with Crippen molar-refractivity contribution in [2.24, 2.45) is 10.7 Å². The van der Waals surface area contributed by atoms with E-state index >= 15 is 0 Å². The first-order valence-electron chi connectivity index (χ1n) is 8.85. The summed E-state index contributed by atoms with van der Waals surface area (Å²) in [6.45, 7) is 9.37. The van der Waals surface area contributed by atoms with E-state index in [1.165, 1.54) is 12.8 Å². The normalized spacial score (nSPS) is 16.7. The number of methoxy groups -OCH3 is 1. The van der Waals surface area contributed by atoms with Gasteiger partial charge in [-0.15, -0.1) is 0 Å². The molecule has 0 bridgehead atoms. The Morgan fingerprint density at radius 3 is 2.33 bits per heavy atom. The van der Waals surface area contributed by atoms with Gasteiger partial charge in [0.2, 0.25) is 0 Å². The van der Waals surface area contributed by atoms with Crippen LogP contribution < -0.4 is 5.73 Å². The van der Waals surface area contributed by atoms with Crippen molar-refractivity contribution < 1.29 is 14.3 Å². The first-order valence-corrected chi connectivity index (χ1v) is 8.85. The van der Waals surface area contributed by atoms with Gasteiger partial charge in [0.15, 0.2) is 5.96 Å². The van der Waals surface area contributed by atoms with Crippen LogP contribution in [-0.2, 0) is 9.47 Å². The van der Waals surface area contributed by atoms with Gasteiger partial charge in [-0.2, -0.15) is 0 Å². The lowest BCUT2D eigenvalue weighted by Crippen LogP contribution is -2.41. The Morgan fingerprint density at radius 1 is 1.17 bits per heavy atom. The fraction of sp³-hybridized carbons (Fsp3) is 0.882. The highest BCUT2D eigenvalue weighted by molar-refractivity contribution is 5.78. The average molecular weight is 342 g/mol. The molecule has 2 N–H and O–H groups in total. The maximum Gasteiger partial charge on any atom is 0.410 e. The van der Waals surface area contributed by atoms with E-state index in [0.29, 0.717) is 32.2 Å². The van der Waals surface area contributed by atoms with E-state index in [-0.39, 0.29) is 6.09 Å². The minimum Gasteiger partial charge on any atom is -0.444 e. The second-order valence-electron chi connectivity index (χ2n) is 7.10. The number of hydrogen-bond acceptors (Lipinski definition) is 4. The number of aliphatic imine (C=N–C) groups is 1. The fourth-order valence-corrected chi connectivity index (χ4v) is 2.51. The molecule has 1 heterocycles. The molecule has 1 aliphatic heterocycles. The fourth-order valence-electron chi connectivity index (χ4n) is 2.51. The molecule has 0 spiro atoms. The molecule has 1 saturated heterocycles. The Labute approximate surface area is 146 Å². The van der Waals surface area contributed by atoms with Gasteiger partial charge in [-0.05, 0) is 33.6 Å². The number of carbonyl (C=O) groups excluding carboxylic acids is 1. The number of ether oxygens (including phenoxy) is 2. The van der Waals surface area contributed by atoms with Gasteiger partial charge >= 0.3 is 6.09 Å². The van der Waals surface area contributed by atoms with E-state index in [2.05, 4.69) is 9.89 Å². The average Bonchev–Trinajstić information content (AvgIpc) is 2.77. The Kier molecular flexibility index (Phi) is 8.89. The summed E-state index contributed by atoms with van der Waals surface area (Å²) < 4.78 is 10.5. The van der Waals surface area contributed by atoms with E-state index in [0.717, 1.165) is 25.9 Å². The zero-order chi connectivity index (χ0) is 18.0. The summed E-state index contributed by atoms with van der Waals surface area (Å²) >= 11 is 0. The minimum atomic E-state index is -0.517. The Hall–Kier alpha value is -1.50. The van der Waals surface area contributed by atoms with Crippen LogP contribution >= 0.6 is 0 Å². The zero-order valence-corrected chi connectivity index (χ0v) is 15.7. The summed E-state index contributed by atoms with van der Waals surface area (Å²) in [7, 11) is 1.61. The second-order valence-corrected chi connectivity index (χ2v) is 7.10. The van der Waals surface area contributed by atoms with E-state index in [1.807, 2.05) is 20.8 Å². The Bertz CT molecular complexity index is 399. The monoisotopic (exact) mass is 342 g/mol. The van der Waals surface area contributed by atoms with Crippen molar-refractivity contribution >= 4 is 12.1 Å². The van der Waals surface area contributed by atoms with Crippen LogP contribution in [0.1, 0.15) is 46.5 Å². The van der Waals surface area contributed by atoms with Gasteiger partial charge < -0.3 is 25.0 Å². The molecule has 7 nitrogen and oxygen atoms in total. The number of nitrogens with two attached hydrogens (primary N) is 1. The van der Waals surface area contributed by atoms with Gasteiger partial charge in [-0.25, -0.2) is 4.79 Å². The molecule has 1 fully saturated rings. The highest BCUT2D eigenvalue weighted by atomic mass is 16.6. The second kappa shape index (κ2) is 10.4. The first kappa shape index (κ1) is 20.5. The van der Waals surface area contributed by atoms with Crippen LogP contribution in [0.5, 0.6) is 0 Å². The van der Waals surface area contributed by atoms with Crippen molar-refractivity contribution in [3.63, 3.8) is 0 Å². The Balaban J connectivity index is 2.53. The molecule has 7 heteroatoms. The summed E-state index contributed by atoms with van der Waals surface area (Å²) in [6, 6.07) is 0. The third-order valence-corrected chi connectivity index (χ3v) is 3.79. The highest BCUT2D eigenvalue weighted by Gasteiger charge is 2.21. The molecule has 24 heavy (non-hydrogen) atoms. The van der Waals surface area contributed by atoms with Crippen LogP contribution in [0.2, 0.25) is 0 Å². The molecule has 0 aliphatic carbocycles. The lowest BCUT2D eigenvalue weighted by molar-refractivity contribution is 0.0208. The topological polar surface area (TPSA) is 80.4 Å². The standard InChI is InChI=1S/C17H34N4O3/c1-17(2,3)24-16(22)21(13-14-23-4)12-9-19-15(18)20-10-7-5-6-8-11-20/h5-14H2,1-4H3,(H2,18,19). The van der Waals surface area contributed by atoms with Crippen molar-refractivity contribution in [2.75, 3.05) is 46.4 Å². The summed E-state index contributed by atoms with van der Waals surface area (Å²) in [4.78, 5) is 20.4. The van der Waals surface area contributed by atoms with Crippen LogP contribution in [0.3, 0.4) is 0 Å². The summed E-state index contributed by atoms with van der Waals surface area (Å²) in [6.07, 6.45) is 4.49. The van der Waals surface area contributed by atoms with E-state index in [1.54, 1.807) is 12.0 Å². The number of guanidine groups is 1. The van der Waals surface area contributed by atoms with Crippen molar-refractivity contribution in [2.45, 2.75) is 52.1 Å². The van der Waals surface area contributed by atoms with Crippen LogP contribution in [0, 0.1) is 0 Å². The molecule has 0 unspecified atom stereocenters. The first-order chi connectivity index (χ1) is 11.3. The van der Waals surface area contributed by atoms with Gasteiger partial charge in [0, 0.05) is 33.3 Å². The molecular formula is C17H34N4O3. The SMILES string of the molecule is COCCN(CCN=C(N)N1CCCCCC1)C(=O)OC(C)(C)C. The number of hydrogen-bond donors (Lipinski definition) is 1. The summed E-state index contributed by atoms with van der Waals surface area (Å²) in [5.74, 6) is 0.577. The van der Waals surface area contributed by atoms with E-state index < -0.39 is 5.60 Å². The van der Waals surface area contributed by atoms with Crippen LogP contribution in [0.4, 0.5) is 4.79 Å². The third kappa shape index (κ3) is 8.38. The molecule has 1 aliphatic rings. The minimum absolute atomic E-state index is 0.344. The van der Waals surface area contributed by atoms with Crippen LogP contribution in [-0.4, -0.2) is 73.9 Å². The smallest absolute Gasteiger partial charge is 0.410 e. The largest absolute Gasteiger partial charge is 0.444 e. The number of nitrogens with zero attached hydrogens (tertiary/aromatic N) is 3. The predicted octanol–water partition coefficient (Wildman–Crippen LogP) is 2.06. The Morgan fingerprint density at radius 2 is 1.79 bits per heavy atom. The van der Waals surface area contributed by atoms with Gasteiger partial charge in [0.25, 0.3) is 0 Å². The molecular weight excluding hydrogens is 308 g/mol. The zero-order valence-electron chi connectivity index (χ0n) is 15.7. The lowest BCUT2D eigenvalue weighted by atomic mass is 10.2. The maximum atomic E-state index is 12.2. The van der Waals surface area contributed by atoms with Crippen LogP contribution in [0.25, 0.3) is 0 Å². The predicted molar refractivity (Wildman–Crippen MR) is 96.2 cm³/mol. The van der Waals surface area contributed by atoms with Gasteiger partial charge in [0.05, 0.1) is 13.2 Å². The van der Waals surface area contributed by atoms with Crippen LogP contribution in [0.15, 0.2) is 4.99 Å². The molecule has 1 amide bonds.